The van der Waals surface area contributed by atoms with E-state index in [-0.39, 0.29) is 22.1 Å². The summed E-state index contributed by atoms with van der Waals surface area (Å²) in [7, 11) is 1.61. The standard InChI is InChI=1S/C12H21IO4/c1-9(2)11(14)16-7-10(6-15-5)8-17-12(3,4)13/h10H,1,6-8H2,2-5H3. The Morgan fingerprint density at radius 1 is 1.35 bits per heavy atom. The van der Waals surface area contributed by atoms with E-state index in [0.717, 1.165) is 0 Å². The minimum atomic E-state index is -0.375. The van der Waals surface area contributed by atoms with Gasteiger partial charge in [0.25, 0.3) is 0 Å². The summed E-state index contributed by atoms with van der Waals surface area (Å²) in [5.41, 5.74) is 0.399. The van der Waals surface area contributed by atoms with Crippen LogP contribution >= 0.6 is 22.6 Å². The summed E-state index contributed by atoms with van der Waals surface area (Å²) in [6.07, 6.45) is 0. The lowest BCUT2D eigenvalue weighted by atomic mass is 10.2. The van der Waals surface area contributed by atoms with E-state index in [0.29, 0.717) is 18.8 Å². The summed E-state index contributed by atoms with van der Waals surface area (Å²) in [5.74, 6) is -0.336. The zero-order valence-corrected chi connectivity index (χ0v) is 13.1. The second-order valence-corrected chi connectivity index (χ2v) is 6.97. The van der Waals surface area contributed by atoms with Crippen molar-refractivity contribution in [1.29, 1.82) is 0 Å². The van der Waals surface area contributed by atoms with Gasteiger partial charge in [0, 0.05) is 18.6 Å². The molecule has 17 heavy (non-hydrogen) atoms. The number of carbonyl (C=O) groups excluding carboxylic acids is 1. The molecule has 0 saturated carbocycles. The van der Waals surface area contributed by atoms with Gasteiger partial charge in [-0.2, -0.15) is 0 Å². The average Bonchev–Trinajstić information content (AvgIpc) is 2.20. The first-order chi connectivity index (χ1) is 7.76. The first-order valence-corrected chi connectivity index (χ1v) is 6.48. The topological polar surface area (TPSA) is 44.8 Å². The number of methoxy groups -OCH3 is 1. The highest BCUT2D eigenvalue weighted by Gasteiger charge is 2.18. The molecule has 0 radical (unpaired) electrons. The van der Waals surface area contributed by atoms with Gasteiger partial charge in [-0.15, -0.1) is 0 Å². The van der Waals surface area contributed by atoms with Crippen molar-refractivity contribution in [3.05, 3.63) is 12.2 Å². The number of hydrogen-bond donors (Lipinski definition) is 0. The van der Waals surface area contributed by atoms with Gasteiger partial charge in [0.2, 0.25) is 0 Å². The highest BCUT2D eigenvalue weighted by atomic mass is 127. The minimum absolute atomic E-state index is 0.0392. The maximum absolute atomic E-state index is 11.2. The van der Waals surface area contributed by atoms with Crippen LogP contribution in [-0.2, 0) is 19.0 Å². The molecule has 0 aliphatic rings. The smallest absolute Gasteiger partial charge is 0.333 e. The van der Waals surface area contributed by atoms with Gasteiger partial charge in [0.15, 0.2) is 0 Å². The van der Waals surface area contributed by atoms with Crippen LogP contribution in [-0.4, -0.2) is 36.5 Å². The van der Waals surface area contributed by atoms with Crippen molar-refractivity contribution >= 4 is 28.6 Å². The summed E-state index contributed by atoms with van der Waals surface area (Å²) < 4.78 is 15.5. The number of hydrogen-bond acceptors (Lipinski definition) is 4. The van der Waals surface area contributed by atoms with E-state index in [1.165, 1.54) is 0 Å². The predicted octanol–water partition coefficient (Wildman–Crippen LogP) is 2.56. The number of carbonyl (C=O) groups is 1. The van der Waals surface area contributed by atoms with Gasteiger partial charge < -0.3 is 14.2 Å². The molecule has 0 aromatic rings. The van der Waals surface area contributed by atoms with Crippen molar-refractivity contribution < 1.29 is 19.0 Å². The van der Waals surface area contributed by atoms with Gasteiger partial charge in [-0.3, -0.25) is 0 Å². The fourth-order valence-corrected chi connectivity index (χ4v) is 1.19. The first kappa shape index (κ1) is 16.9. The Morgan fingerprint density at radius 3 is 2.35 bits per heavy atom. The molecule has 0 fully saturated rings. The monoisotopic (exact) mass is 356 g/mol. The Balaban J connectivity index is 4.06. The van der Waals surface area contributed by atoms with Gasteiger partial charge in [-0.05, 0) is 43.4 Å². The van der Waals surface area contributed by atoms with Crippen LogP contribution in [0.5, 0.6) is 0 Å². The van der Waals surface area contributed by atoms with Crippen LogP contribution in [0.15, 0.2) is 12.2 Å². The lowest BCUT2D eigenvalue weighted by molar-refractivity contribution is -0.141. The van der Waals surface area contributed by atoms with E-state index in [1.807, 2.05) is 13.8 Å². The van der Waals surface area contributed by atoms with Gasteiger partial charge in [0.05, 0.1) is 19.8 Å². The van der Waals surface area contributed by atoms with E-state index in [2.05, 4.69) is 29.2 Å². The van der Waals surface area contributed by atoms with Crippen molar-refractivity contribution in [2.45, 2.75) is 24.4 Å². The van der Waals surface area contributed by atoms with Crippen molar-refractivity contribution in [1.82, 2.24) is 0 Å². The molecule has 0 aromatic heterocycles. The van der Waals surface area contributed by atoms with Gasteiger partial charge >= 0.3 is 5.97 Å². The fraction of sp³-hybridized carbons (Fsp3) is 0.750. The quantitative estimate of drug-likeness (QED) is 0.290. The van der Waals surface area contributed by atoms with E-state index in [1.54, 1.807) is 14.0 Å². The minimum Gasteiger partial charge on any atom is -0.462 e. The molecule has 0 aromatic carbocycles. The molecule has 0 amide bonds. The summed E-state index contributed by atoms with van der Waals surface area (Å²) in [6, 6.07) is 0. The van der Waals surface area contributed by atoms with E-state index >= 15 is 0 Å². The van der Waals surface area contributed by atoms with Crippen LogP contribution in [0.3, 0.4) is 0 Å². The SMILES string of the molecule is C=C(C)C(=O)OCC(COC)COC(C)(C)I. The number of alkyl halides is 1. The molecular weight excluding hydrogens is 335 g/mol. The Hall–Kier alpha value is -0.140. The largest absolute Gasteiger partial charge is 0.462 e. The molecule has 100 valence electrons. The van der Waals surface area contributed by atoms with E-state index in [4.69, 9.17) is 14.2 Å². The summed E-state index contributed by atoms with van der Waals surface area (Å²) in [6.45, 7) is 10.4. The third-order valence-corrected chi connectivity index (χ3v) is 2.17. The van der Waals surface area contributed by atoms with Crippen LogP contribution < -0.4 is 0 Å². The first-order valence-electron chi connectivity index (χ1n) is 5.40. The summed E-state index contributed by atoms with van der Waals surface area (Å²) in [4.78, 5) is 11.2. The molecule has 0 N–H and O–H groups in total. The van der Waals surface area contributed by atoms with Crippen molar-refractivity contribution in [3.63, 3.8) is 0 Å². The van der Waals surface area contributed by atoms with E-state index in [9.17, 15) is 4.79 Å². The Morgan fingerprint density at radius 2 is 1.94 bits per heavy atom. The lowest BCUT2D eigenvalue weighted by Gasteiger charge is -2.22. The zero-order chi connectivity index (χ0) is 13.5. The fourth-order valence-electron chi connectivity index (χ4n) is 1.01. The Labute approximate surface area is 117 Å². The highest BCUT2D eigenvalue weighted by molar-refractivity contribution is 14.1. The van der Waals surface area contributed by atoms with Crippen molar-refractivity contribution in [2.75, 3.05) is 26.9 Å². The summed E-state index contributed by atoms with van der Waals surface area (Å²) >= 11 is 2.21. The van der Waals surface area contributed by atoms with Gasteiger partial charge in [-0.25, -0.2) is 4.79 Å². The van der Waals surface area contributed by atoms with Crippen LogP contribution in [0.2, 0.25) is 0 Å². The Kier molecular flexibility index (Phi) is 7.98. The Bertz CT molecular complexity index is 258. The third-order valence-electron chi connectivity index (χ3n) is 1.86. The molecule has 0 bridgehead atoms. The molecule has 4 nitrogen and oxygen atoms in total. The highest BCUT2D eigenvalue weighted by Crippen LogP contribution is 2.19. The normalized spacial score (nSPS) is 13.2. The van der Waals surface area contributed by atoms with Gasteiger partial charge in [-0.1, -0.05) is 6.58 Å². The zero-order valence-electron chi connectivity index (χ0n) is 10.9. The van der Waals surface area contributed by atoms with Crippen LogP contribution in [0.1, 0.15) is 20.8 Å². The molecular formula is C12H21IO4. The molecule has 0 rings (SSSR count). The van der Waals surface area contributed by atoms with Crippen LogP contribution in [0.25, 0.3) is 0 Å². The maximum Gasteiger partial charge on any atom is 0.333 e. The molecule has 0 spiro atoms. The van der Waals surface area contributed by atoms with Crippen molar-refractivity contribution in [3.8, 4) is 0 Å². The second kappa shape index (κ2) is 8.05. The molecule has 0 saturated heterocycles. The van der Waals surface area contributed by atoms with Gasteiger partial charge in [0.1, 0.15) is 3.61 Å². The van der Waals surface area contributed by atoms with E-state index < -0.39 is 0 Å². The number of esters is 1. The molecule has 1 atom stereocenters. The lowest BCUT2D eigenvalue weighted by Crippen LogP contribution is -2.27. The van der Waals surface area contributed by atoms with Crippen molar-refractivity contribution in [2.24, 2.45) is 5.92 Å². The molecule has 0 aliphatic heterocycles. The number of halogens is 1. The second-order valence-electron chi connectivity index (χ2n) is 4.37. The molecule has 0 heterocycles. The van der Waals surface area contributed by atoms with Crippen LogP contribution in [0.4, 0.5) is 0 Å². The molecule has 5 heteroatoms. The third kappa shape index (κ3) is 9.55. The number of rotatable bonds is 8. The molecule has 1 unspecified atom stereocenters. The number of ether oxygens (including phenoxy) is 3. The predicted molar refractivity (Wildman–Crippen MR) is 75.2 cm³/mol. The maximum atomic E-state index is 11.2. The molecule has 0 aliphatic carbocycles. The summed E-state index contributed by atoms with van der Waals surface area (Å²) in [5, 5.41) is 0. The van der Waals surface area contributed by atoms with Crippen LogP contribution in [0, 0.1) is 5.92 Å². The average molecular weight is 356 g/mol.